The van der Waals surface area contributed by atoms with Crippen LogP contribution in [0.1, 0.15) is 36.8 Å². The van der Waals surface area contributed by atoms with Crippen LogP contribution < -0.4 is 10.6 Å². The highest BCUT2D eigenvalue weighted by atomic mass is 19.1. The van der Waals surface area contributed by atoms with Crippen molar-refractivity contribution in [3.8, 4) is 6.07 Å². The summed E-state index contributed by atoms with van der Waals surface area (Å²) in [7, 11) is 5.19. The molecule has 0 heterocycles. The molecule has 0 aliphatic heterocycles. The number of nitrogens with zero attached hydrogens (tertiary/aromatic N) is 3. The maximum atomic E-state index is 13.9. The first-order chi connectivity index (χ1) is 12.4. The Bertz CT molecular complexity index is 717. The Morgan fingerprint density at radius 1 is 1.35 bits per heavy atom. The Kier molecular flexibility index (Phi) is 6.56. The average molecular weight is 359 g/mol. The van der Waals surface area contributed by atoms with E-state index in [2.05, 4.69) is 15.6 Å². The normalized spacial score (nSPS) is 16.0. The highest BCUT2D eigenvalue weighted by Crippen LogP contribution is 2.38. The molecule has 2 N–H and O–H groups in total. The predicted octanol–water partition coefficient (Wildman–Crippen LogP) is 2.01. The van der Waals surface area contributed by atoms with Gasteiger partial charge in [-0.1, -0.05) is 12.8 Å². The summed E-state index contributed by atoms with van der Waals surface area (Å²) in [5.41, 5.74) is 0.396. The zero-order chi connectivity index (χ0) is 19.2. The summed E-state index contributed by atoms with van der Waals surface area (Å²) < 4.78 is 13.9. The van der Waals surface area contributed by atoms with Crippen LogP contribution in [-0.2, 0) is 11.3 Å². The molecule has 0 unspecified atom stereocenters. The van der Waals surface area contributed by atoms with Gasteiger partial charge in [-0.15, -0.1) is 0 Å². The van der Waals surface area contributed by atoms with Crippen molar-refractivity contribution in [3.63, 3.8) is 0 Å². The molecular weight excluding hydrogens is 333 g/mol. The van der Waals surface area contributed by atoms with E-state index in [-0.39, 0.29) is 18.3 Å². The topological polar surface area (TPSA) is 80.5 Å². The Morgan fingerprint density at radius 3 is 2.62 bits per heavy atom. The van der Waals surface area contributed by atoms with Gasteiger partial charge in [-0.2, -0.15) is 5.26 Å². The van der Waals surface area contributed by atoms with Gasteiger partial charge in [0.05, 0.1) is 17.0 Å². The number of nitriles is 1. The van der Waals surface area contributed by atoms with Crippen molar-refractivity contribution >= 4 is 11.9 Å². The third kappa shape index (κ3) is 4.51. The largest absolute Gasteiger partial charge is 0.355 e. The molecule has 1 saturated carbocycles. The van der Waals surface area contributed by atoms with Gasteiger partial charge in [0.25, 0.3) is 0 Å². The molecule has 0 aromatic heterocycles. The highest BCUT2D eigenvalue weighted by molar-refractivity contribution is 5.85. The second kappa shape index (κ2) is 8.65. The fraction of sp³-hybridized carbons (Fsp3) is 0.526. The lowest BCUT2D eigenvalue weighted by Gasteiger charge is -2.31. The fourth-order valence-corrected chi connectivity index (χ4v) is 3.42. The standard InChI is InChI=1S/C19H26FN5O/c1-22-18(23-12-15-10-14(11-21)6-7-16(15)20)24-13-19(8-4-5-9-19)17(26)25(2)3/h6-7,10H,4-5,8-9,12-13H2,1-3H3,(H2,22,23,24). The Labute approximate surface area is 154 Å². The SMILES string of the molecule is CN=C(NCc1cc(C#N)ccc1F)NCC1(C(=O)N(C)C)CCCC1. The fourth-order valence-electron chi connectivity index (χ4n) is 3.42. The smallest absolute Gasteiger partial charge is 0.230 e. The van der Waals surface area contributed by atoms with Gasteiger partial charge in [0.1, 0.15) is 5.82 Å². The van der Waals surface area contributed by atoms with Crippen LogP contribution in [-0.4, -0.2) is 44.5 Å². The van der Waals surface area contributed by atoms with Gasteiger partial charge in [-0.25, -0.2) is 4.39 Å². The van der Waals surface area contributed by atoms with Crippen LogP contribution in [0.25, 0.3) is 0 Å². The number of carbonyl (C=O) groups is 1. The number of benzene rings is 1. The summed E-state index contributed by atoms with van der Waals surface area (Å²) in [5.74, 6) is 0.261. The molecule has 0 atom stereocenters. The lowest BCUT2D eigenvalue weighted by molar-refractivity contribution is -0.138. The molecule has 1 aliphatic rings. The molecule has 1 fully saturated rings. The van der Waals surface area contributed by atoms with Crippen molar-refractivity contribution < 1.29 is 9.18 Å². The monoisotopic (exact) mass is 359 g/mol. The summed E-state index contributed by atoms with van der Waals surface area (Å²) in [5, 5.41) is 15.2. The molecule has 1 aromatic carbocycles. The second-order valence-electron chi connectivity index (χ2n) is 6.88. The summed E-state index contributed by atoms with van der Waals surface area (Å²) in [6.07, 6.45) is 3.79. The second-order valence-corrected chi connectivity index (χ2v) is 6.88. The third-order valence-corrected chi connectivity index (χ3v) is 4.86. The summed E-state index contributed by atoms with van der Waals surface area (Å²) in [6, 6.07) is 6.26. The first-order valence-corrected chi connectivity index (χ1v) is 8.76. The first-order valence-electron chi connectivity index (χ1n) is 8.76. The Morgan fingerprint density at radius 2 is 2.04 bits per heavy atom. The van der Waals surface area contributed by atoms with Gasteiger partial charge in [-0.3, -0.25) is 9.79 Å². The van der Waals surface area contributed by atoms with E-state index in [4.69, 9.17) is 5.26 Å². The lowest BCUT2D eigenvalue weighted by Crippen LogP contribution is -2.49. The minimum Gasteiger partial charge on any atom is -0.355 e. The van der Waals surface area contributed by atoms with E-state index in [0.29, 0.717) is 23.6 Å². The van der Waals surface area contributed by atoms with Crippen LogP contribution in [0.3, 0.4) is 0 Å². The average Bonchev–Trinajstić information content (AvgIpc) is 3.12. The quantitative estimate of drug-likeness (QED) is 0.622. The molecule has 26 heavy (non-hydrogen) atoms. The Balaban J connectivity index is 2.00. The number of hydrogen-bond donors (Lipinski definition) is 2. The van der Waals surface area contributed by atoms with E-state index in [1.165, 1.54) is 18.2 Å². The van der Waals surface area contributed by atoms with Crippen LogP contribution in [0.15, 0.2) is 23.2 Å². The molecule has 0 bridgehead atoms. The molecule has 140 valence electrons. The van der Waals surface area contributed by atoms with E-state index in [0.717, 1.165) is 25.7 Å². The van der Waals surface area contributed by atoms with Crippen LogP contribution in [0.2, 0.25) is 0 Å². The number of halogens is 1. The van der Waals surface area contributed by atoms with Crippen molar-refractivity contribution in [3.05, 3.63) is 35.1 Å². The maximum absolute atomic E-state index is 13.9. The lowest BCUT2D eigenvalue weighted by atomic mass is 9.84. The minimum atomic E-state index is -0.410. The molecule has 6 nitrogen and oxygen atoms in total. The van der Waals surface area contributed by atoms with Gasteiger partial charge in [0, 0.05) is 39.8 Å². The van der Waals surface area contributed by atoms with Crippen molar-refractivity contribution in [2.24, 2.45) is 10.4 Å². The van der Waals surface area contributed by atoms with E-state index in [1.54, 1.807) is 26.0 Å². The Hall–Kier alpha value is -2.62. The maximum Gasteiger partial charge on any atom is 0.230 e. The van der Waals surface area contributed by atoms with Crippen molar-refractivity contribution in [2.45, 2.75) is 32.2 Å². The molecule has 0 radical (unpaired) electrons. The molecular formula is C19H26FN5O. The number of guanidine groups is 1. The molecule has 1 amide bonds. The zero-order valence-corrected chi connectivity index (χ0v) is 15.6. The van der Waals surface area contributed by atoms with Crippen LogP contribution in [0, 0.1) is 22.6 Å². The van der Waals surface area contributed by atoms with Gasteiger partial charge in [0.15, 0.2) is 5.96 Å². The molecule has 1 aromatic rings. The number of carbonyl (C=O) groups excluding carboxylic acids is 1. The summed E-state index contributed by atoms with van der Waals surface area (Å²) in [6.45, 7) is 0.695. The first kappa shape index (κ1) is 19.7. The van der Waals surface area contributed by atoms with Gasteiger partial charge in [0.2, 0.25) is 5.91 Å². The van der Waals surface area contributed by atoms with Crippen LogP contribution in [0.4, 0.5) is 4.39 Å². The highest BCUT2D eigenvalue weighted by Gasteiger charge is 2.42. The van der Waals surface area contributed by atoms with E-state index in [1.807, 2.05) is 6.07 Å². The van der Waals surface area contributed by atoms with Crippen molar-refractivity contribution in [2.75, 3.05) is 27.7 Å². The third-order valence-electron chi connectivity index (χ3n) is 4.86. The minimum absolute atomic E-state index is 0.130. The van der Waals surface area contributed by atoms with E-state index < -0.39 is 5.41 Å². The summed E-state index contributed by atoms with van der Waals surface area (Å²) in [4.78, 5) is 18.4. The number of nitrogens with one attached hydrogen (secondary N) is 2. The number of hydrogen-bond acceptors (Lipinski definition) is 3. The van der Waals surface area contributed by atoms with Crippen LogP contribution >= 0.6 is 0 Å². The molecule has 1 aliphatic carbocycles. The van der Waals surface area contributed by atoms with Crippen molar-refractivity contribution in [1.82, 2.24) is 15.5 Å². The van der Waals surface area contributed by atoms with Gasteiger partial charge in [-0.05, 0) is 31.0 Å². The van der Waals surface area contributed by atoms with Crippen molar-refractivity contribution in [1.29, 1.82) is 5.26 Å². The summed E-state index contributed by atoms with van der Waals surface area (Å²) >= 11 is 0. The molecule has 0 saturated heterocycles. The molecule has 7 heteroatoms. The van der Waals surface area contributed by atoms with Crippen LogP contribution in [0.5, 0.6) is 0 Å². The number of rotatable bonds is 5. The van der Waals surface area contributed by atoms with E-state index in [9.17, 15) is 9.18 Å². The molecule has 2 rings (SSSR count). The predicted molar refractivity (Wildman–Crippen MR) is 98.9 cm³/mol. The van der Waals surface area contributed by atoms with Gasteiger partial charge < -0.3 is 15.5 Å². The number of amides is 1. The zero-order valence-electron chi connectivity index (χ0n) is 15.6. The van der Waals surface area contributed by atoms with E-state index >= 15 is 0 Å². The molecule has 0 spiro atoms. The van der Waals surface area contributed by atoms with Gasteiger partial charge >= 0.3 is 0 Å². The number of aliphatic imine (C=N–C) groups is 1.